The van der Waals surface area contributed by atoms with E-state index in [2.05, 4.69) is 36.3 Å². The van der Waals surface area contributed by atoms with Crippen molar-refractivity contribution in [1.82, 2.24) is 9.78 Å². The summed E-state index contributed by atoms with van der Waals surface area (Å²) < 4.78 is 1.91. The summed E-state index contributed by atoms with van der Waals surface area (Å²) in [6, 6.07) is 8.21. The topological polar surface area (TPSA) is 55.2 Å². The molecule has 3 aliphatic rings. The SMILES string of the molecule is Cc1ccccc1Cn1nc(C)c(N2C(=O)[C@H]3[C@H](C2=O)[C@H]2C=C[C@H]3C2)c1C. The van der Waals surface area contributed by atoms with E-state index in [-0.39, 0.29) is 35.5 Å². The van der Waals surface area contributed by atoms with Crippen LogP contribution in [0.3, 0.4) is 0 Å². The van der Waals surface area contributed by atoms with Crippen LogP contribution in [-0.2, 0) is 16.1 Å². The highest BCUT2D eigenvalue weighted by molar-refractivity contribution is 6.23. The van der Waals surface area contributed by atoms with Crippen molar-refractivity contribution in [1.29, 1.82) is 0 Å². The van der Waals surface area contributed by atoms with Crippen molar-refractivity contribution in [3.05, 3.63) is 58.9 Å². The molecule has 27 heavy (non-hydrogen) atoms. The van der Waals surface area contributed by atoms with Crippen LogP contribution in [0.25, 0.3) is 0 Å². The lowest BCUT2D eigenvalue weighted by Crippen LogP contribution is -2.33. The molecule has 0 unspecified atom stereocenters. The van der Waals surface area contributed by atoms with Crippen LogP contribution in [0, 0.1) is 44.4 Å². The third-order valence-corrected chi connectivity index (χ3v) is 6.62. The number of aryl methyl sites for hydroxylation is 2. The Balaban J connectivity index is 1.52. The highest BCUT2D eigenvalue weighted by Crippen LogP contribution is 2.53. The van der Waals surface area contributed by atoms with Crippen LogP contribution in [-0.4, -0.2) is 21.6 Å². The van der Waals surface area contributed by atoms with Gasteiger partial charge in [0.25, 0.3) is 0 Å². The molecule has 1 aromatic heterocycles. The number of amides is 2. The van der Waals surface area contributed by atoms with Gasteiger partial charge in [0.15, 0.2) is 0 Å². The number of hydrogen-bond donors (Lipinski definition) is 0. The van der Waals surface area contributed by atoms with Crippen molar-refractivity contribution in [3.8, 4) is 0 Å². The molecule has 0 N–H and O–H groups in total. The van der Waals surface area contributed by atoms with Crippen LogP contribution in [0.4, 0.5) is 5.69 Å². The molecule has 2 aliphatic carbocycles. The minimum Gasteiger partial charge on any atom is -0.274 e. The van der Waals surface area contributed by atoms with Crippen molar-refractivity contribution in [2.45, 2.75) is 33.7 Å². The number of hydrogen-bond acceptors (Lipinski definition) is 3. The van der Waals surface area contributed by atoms with Gasteiger partial charge in [0, 0.05) is 0 Å². The van der Waals surface area contributed by atoms with E-state index in [4.69, 9.17) is 0 Å². The second kappa shape index (κ2) is 5.65. The van der Waals surface area contributed by atoms with Crippen molar-refractivity contribution in [2.75, 3.05) is 4.90 Å². The number of fused-ring (bicyclic) bond motifs is 5. The summed E-state index contributed by atoms with van der Waals surface area (Å²) in [5.41, 5.74) is 4.69. The van der Waals surface area contributed by atoms with E-state index >= 15 is 0 Å². The first kappa shape index (κ1) is 16.5. The average molecular weight is 361 g/mol. The Morgan fingerprint density at radius 2 is 1.63 bits per heavy atom. The molecular weight excluding hydrogens is 338 g/mol. The number of aromatic nitrogens is 2. The lowest BCUT2D eigenvalue weighted by Gasteiger charge is -2.18. The summed E-state index contributed by atoms with van der Waals surface area (Å²) in [5, 5.41) is 4.66. The second-order valence-corrected chi connectivity index (χ2v) is 8.12. The number of anilines is 1. The standard InChI is InChI=1S/C22H23N3O2/c1-12-6-4-5-7-17(12)11-24-14(3)20(13(2)23-24)25-21(26)18-15-8-9-16(10-15)19(18)22(25)27/h4-9,15-16,18-19H,10-11H2,1-3H3/t15-,16-,18+,19+/m0/s1. The molecule has 1 aromatic carbocycles. The molecule has 2 amide bonds. The quantitative estimate of drug-likeness (QED) is 0.623. The number of carbonyl (C=O) groups excluding carboxylic acids is 2. The number of benzene rings is 1. The van der Waals surface area contributed by atoms with E-state index in [1.165, 1.54) is 16.0 Å². The van der Waals surface area contributed by atoms with Crippen molar-refractivity contribution in [3.63, 3.8) is 0 Å². The molecule has 138 valence electrons. The molecule has 0 radical (unpaired) electrons. The normalized spacial score (nSPS) is 28.5. The lowest BCUT2D eigenvalue weighted by atomic mass is 9.85. The van der Waals surface area contributed by atoms with Gasteiger partial charge >= 0.3 is 0 Å². The number of allylic oxidation sites excluding steroid dienone is 2. The lowest BCUT2D eigenvalue weighted by molar-refractivity contribution is -0.123. The van der Waals surface area contributed by atoms with Gasteiger partial charge in [0.05, 0.1) is 35.5 Å². The van der Waals surface area contributed by atoms with E-state index in [1.807, 2.05) is 30.7 Å². The fourth-order valence-electron chi connectivity index (χ4n) is 5.24. The van der Waals surface area contributed by atoms with Gasteiger partial charge in [-0.3, -0.25) is 14.3 Å². The Bertz CT molecular complexity index is 973. The maximum Gasteiger partial charge on any atom is 0.238 e. The molecule has 5 heteroatoms. The zero-order chi connectivity index (χ0) is 18.9. The first-order valence-electron chi connectivity index (χ1n) is 9.62. The first-order chi connectivity index (χ1) is 13.0. The largest absolute Gasteiger partial charge is 0.274 e. The summed E-state index contributed by atoms with van der Waals surface area (Å²) >= 11 is 0. The van der Waals surface area contributed by atoms with Crippen LogP contribution in [0.1, 0.15) is 28.9 Å². The molecule has 5 nitrogen and oxygen atoms in total. The van der Waals surface area contributed by atoms with Gasteiger partial charge in [-0.25, -0.2) is 4.90 Å². The van der Waals surface area contributed by atoms with E-state index in [1.54, 1.807) is 0 Å². The Labute approximate surface area is 158 Å². The molecule has 4 atom stereocenters. The molecule has 0 spiro atoms. The minimum absolute atomic E-state index is 0.0384. The summed E-state index contributed by atoms with van der Waals surface area (Å²) in [6.07, 6.45) is 5.20. The van der Waals surface area contributed by atoms with Crippen molar-refractivity contribution in [2.24, 2.45) is 23.7 Å². The number of imide groups is 1. The van der Waals surface area contributed by atoms with Gasteiger partial charge < -0.3 is 0 Å². The average Bonchev–Trinajstić information content (AvgIpc) is 3.37. The smallest absolute Gasteiger partial charge is 0.238 e. The van der Waals surface area contributed by atoms with E-state index in [0.29, 0.717) is 12.2 Å². The highest BCUT2D eigenvalue weighted by atomic mass is 16.2. The monoisotopic (exact) mass is 361 g/mol. The third kappa shape index (κ3) is 2.20. The Morgan fingerprint density at radius 3 is 2.26 bits per heavy atom. The zero-order valence-corrected chi connectivity index (χ0v) is 15.8. The number of rotatable bonds is 3. The predicted octanol–water partition coefficient (Wildman–Crippen LogP) is 3.17. The Morgan fingerprint density at radius 1 is 1.00 bits per heavy atom. The zero-order valence-electron chi connectivity index (χ0n) is 15.8. The maximum atomic E-state index is 13.1. The molecule has 1 saturated heterocycles. The van der Waals surface area contributed by atoms with E-state index in [9.17, 15) is 9.59 Å². The molecule has 2 aromatic rings. The summed E-state index contributed by atoms with van der Waals surface area (Å²) in [5.74, 6) is 0.0252. The molecular formula is C22H23N3O2. The van der Waals surface area contributed by atoms with Crippen molar-refractivity contribution >= 4 is 17.5 Å². The predicted molar refractivity (Wildman–Crippen MR) is 102 cm³/mol. The van der Waals surface area contributed by atoms with Gasteiger partial charge in [-0.05, 0) is 50.2 Å². The van der Waals surface area contributed by atoms with Crippen molar-refractivity contribution < 1.29 is 9.59 Å². The summed E-state index contributed by atoms with van der Waals surface area (Å²) in [6.45, 7) is 6.56. The maximum absolute atomic E-state index is 13.1. The Hall–Kier alpha value is -2.69. The molecule has 2 fully saturated rings. The molecule has 1 saturated carbocycles. The van der Waals surface area contributed by atoms with Gasteiger partial charge in [-0.2, -0.15) is 5.10 Å². The summed E-state index contributed by atoms with van der Waals surface area (Å²) in [7, 11) is 0. The van der Waals surface area contributed by atoms with Crippen LogP contribution in [0.5, 0.6) is 0 Å². The fourth-order valence-corrected chi connectivity index (χ4v) is 5.24. The molecule has 1 aliphatic heterocycles. The van der Waals surface area contributed by atoms with Gasteiger partial charge in [0.1, 0.15) is 0 Å². The van der Waals surface area contributed by atoms with Gasteiger partial charge in [-0.15, -0.1) is 0 Å². The Kier molecular flexibility index (Phi) is 3.45. The van der Waals surface area contributed by atoms with Crippen LogP contribution in [0.2, 0.25) is 0 Å². The molecule has 2 heterocycles. The molecule has 5 rings (SSSR count). The third-order valence-electron chi connectivity index (χ3n) is 6.62. The van der Waals surface area contributed by atoms with E-state index < -0.39 is 0 Å². The van der Waals surface area contributed by atoms with Gasteiger partial charge in [-0.1, -0.05) is 36.4 Å². The minimum atomic E-state index is -0.175. The first-order valence-corrected chi connectivity index (χ1v) is 9.62. The van der Waals surface area contributed by atoms with Crippen LogP contribution >= 0.6 is 0 Å². The fraction of sp³-hybridized carbons (Fsp3) is 0.409. The number of carbonyl (C=O) groups is 2. The molecule has 2 bridgehead atoms. The van der Waals surface area contributed by atoms with E-state index in [0.717, 1.165) is 17.8 Å². The highest BCUT2D eigenvalue weighted by Gasteiger charge is 2.60. The summed E-state index contributed by atoms with van der Waals surface area (Å²) in [4.78, 5) is 27.7. The second-order valence-electron chi connectivity index (χ2n) is 8.12. The van der Waals surface area contributed by atoms with Crippen LogP contribution in [0.15, 0.2) is 36.4 Å². The van der Waals surface area contributed by atoms with Gasteiger partial charge in [0.2, 0.25) is 11.8 Å². The van der Waals surface area contributed by atoms with Crippen LogP contribution < -0.4 is 4.90 Å². The number of nitrogens with zero attached hydrogens (tertiary/aromatic N) is 3.